The van der Waals surface area contributed by atoms with Crippen LogP contribution in [0.2, 0.25) is 0 Å². The number of hydrogen-bond donors (Lipinski definition) is 1. The van der Waals surface area contributed by atoms with Crippen LogP contribution < -0.4 is 5.73 Å². The zero-order valence-corrected chi connectivity index (χ0v) is 10.0. The molecule has 1 heterocycles. The predicted octanol–water partition coefficient (Wildman–Crippen LogP) is 2.42. The van der Waals surface area contributed by atoms with Gasteiger partial charge in [-0.25, -0.2) is 0 Å². The fraction of sp³-hybridized carbons (Fsp3) is 0.615. The number of aromatic nitrogens is 1. The average molecular weight is 206 g/mol. The van der Waals surface area contributed by atoms with Crippen LogP contribution in [-0.2, 0) is 12.8 Å². The molecular formula is C13H22N2. The zero-order valence-electron chi connectivity index (χ0n) is 10.0. The summed E-state index contributed by atoms with van der Waals surface area (Å²) in [6.45, 7) is 7.35. The summed E-state index contributed by atoms with van der Waals surface area (Å²) in [5.74, 6) is 1.17. The number of rotatable bonds is 5. The molecule has 0 aliphatic rings. The molecule has 0 radical (unpaired) electrons. The molecule has 0 fully saturated rings. The maximum Gasteiger partial charge on any atom is 0.0406 e. The molecule has 0 saturated heterocycles. The first-order valence-corrected chi connectivity index (χ1v) is 5.81. The maximum absolute atomic E-state index is 5.65. The Labute approximate surface area is 92.9 Å². The highest BCUT2D eigenvalue weighted by molar-refractivity contribution is 5.14. The minimum Gasteiger partial charge on any atom is -0.330 e. The molecule has 2 N–H and O–H groups in total. The molecular weight excluding hydrogens is 184 g/mol. The van der Waals surface area contributed by atoms with E-state index in [2.05, 4.69) is 37.9 Å². The minimum absolute atomic E-state index is 0.567. The van der Waals surface area contributed by atoms with Crippen molar-refractivity contribution in [3.63, 3.8) is 0 Å². The van der Waals surface area contributed by atoms with Gasteiger partial charge in [0.15, 0.2) is 0 Å². The Morgan fingerprint density at radius 3 is 2.47 bits per heavy atom. The summed E-state index contributed by atoms with van der Waals surface area (Å²) >= 11 is 0. The molecule has 2 nitrogen and oxygen atoms in total. The van der Waals surface area contributed by atoms with Crippen LogP contribution in [0.4, 0.5) is 0 Å². The molecule has 0 aliphatic heterocycles. The smallest absolute Gasteiger partial charge is 0.0406 e. The third-order valence-corrected chi connectivity index (χ3v) is 3.17. The quantitative estimate of drug-likeness (QED) is 0.803. The van der Waals surface area contributed by atoms with Gasteiger partial charge in [-0.2, -0.15) is 0 Å². The van der Waals surface area contributed by atoms with Crippen LogP contribution in [0.15, 0.2) is 18.3 Å². The summed E-state index contributed by atoms with van der Waals surface area (Å²) in [4.78, 5) is 4.47. The molecule has 0 spiro atoms. The first kappa shape index (κ1) is 12.2. The van der Waals surface area contributed by atoms with Gasteiger partial charge in [-0.15, -0.1) is 0 Å². The molecule has 0 bridgehead atoms. The van der Waals surface area contributed by atoms with Crippen molar-refractivity contribution in [2.45, 2.75) is 33.6 Å². The Morgan fingerprint density at radius 1 is 1.27 bits per heavy atom. The Morgan fingerprint density at radius 2 is 2.00 bits per heavy atom. The second kappa shape index (κ2) is 5.86. The fourth-order valence-corrected chi connectivity index (χ4v) is 1.55. The molecule has 0 amide bonds. The van der Waals surface area contributed by atoms with Gasteiger partial charge in [0, 0.05) is 11.9 Å². The van der Waals surface area contributed by atoms with E-state index in [0.29, 0.717) is 11.8 Å². The van der Waals surface area contributed by atoms with Crippen LogP contribution in [0, 0.1) is 11.8 Å². The lowest BCUT2D eigenvalue weighted by Gasteiger charge is -2.17. The zero-order chi connectivity index (χ0) is 11.3. The van der Waals surface area contributed by atoms with Crippen molar-refractivity contribution in [3.05, 3.63) is 29.6 Å². The first-order chi connectivity index (χ1) is 7.17. The van der Waals surface area contributed by atoms with Crippen molar-refractivity contribution in [1.29, 1.82) is 0 Å². The molecule has 1 aromatic rings. The largest absolute Gasteiger partial charge is 0.330 e. The van der Waals surface area contributed by atoms with Crippen LogP contribution >= 0.6 is 0 Å². The van der Waals surface area contributed by atoms with Crippen molar-refractivity contribution >= 4 is 0 Å². The van der Waals surface area contributed by atoms with Crippen LogP contribution in [0.1, 0.15) is 32.0 Å². The van der Waals surface area contributed by atoms with Gasteiger partial charge in [0.05, 0.1) is 0 Å². The lowest BCUT2D eigenvalue weighted by atomic mass is 9.91. The van der Waals surface area contributed by atoms with E-state index in [1.54, 1.807) is 0 Å². The summed E-state index contributed by atoms with van der Waals surface area (Å²) in [7, 11) is 0. The molecule has 0 aromatic carbocycles. The van der Waals surface area contributed by atoms with Gasteiger partial charge in [-0.3, -0.25) is 4.98 Å². The number of aryl methyl sites for hydroxylation is 1. The van der Waals surface area contributed by atoms with Crippen molar-refractivity contribution in [1.82, 2.24) is 4.98 Å². The molecule has 84 valence electrons. The minimum atomic E-state index is 0.567. The number of nitrogens with two attached hydrogens (primary N) is 1. The van der Waals surface area contributed by atoms with E-state index < -0.39 is 0 Å². The van der Waals surface area contributed by atoms with Gasteiger partial charge >= 0.3 is 0 Å². The van der Waals surface area contributed by atoms with E-state index in [1.165, 1.54) is 11.3 Å². The first-order valence-electron chi connectivity index (χ1n) is 5.81. The maximum atomic E-state index is 5.65. The van der Waals surface area contributed by atoms with Gasteiger partial charge in [-0.05, 0) is 42.9 Å². The summed E-state index contributed by atoms with van der Waals surface area (Å²) in [6.07, 6.45) is 4.07. The molecule has 1 rings (SSSR count). The Kier molecular flexibility index (Phi) is 4.76. The molecule has 2 unspecified atom stereocenters. The molecule has 2 heteroatoms. The van der Waals surface area contributed by atoms with Gasteiger partial charge < -0.3 is 5.73 Å². The van der Waals surface area contributed by atoms with E-state index >= 15 is 0 Å². The summed E-state index contributed by atoms with van der Waals surface area (Å²) in [5.41, 5.74) is 8.14. The topological polar surface area (TPSA) is 38.9 Å². The Bertz CT molecular complexity index is 279. The van der Waals surface area contributed by atoms with Crippen LogP contribution in [0.5, 0.6) is 0 Å². The van der Waals surface area contributed by atoms with Crippen molar-refractivity contribution < 1.29 is 0 Å². The van der Waals surface area contributed by atoms with Crippen LogP contribution in [0.25, 0.3) is 0 Å². The third-order valence-electron chi connectivity index (χ3n) is 3.17. The fourth-order valence-electron chi connectivity index (χ4n) is 1.55. The lowest BCUT2D eigenvalue weighted by Crippen LogP contribution is -2.20. The normalized spacial score (nSPS) is 14.9. The third kappa shape index (κ3) is 3.63. The molecule has 0 saturated carbocycles. The van der Waals surface area contributed by atoms with Gasteiger partial charge in [0.2, 0.25) is 0 Å². The van der Waals surface area contributed by atoms with Crippen molar-refractivity contribution in [2.24, 2.45) is 17.6 Å². The SMILES string of the molecule is CCc1ccc(CC(C)C(C)CN)nc1. The molecule has 1 aromatic heterocycles. The average Bonchev–Trinajstić information content (AvgIpc) is 2.29. The number of nitrogens with zero attached hydrogens (tertiary/aromatic N) is 1. The standard InChI is InChI=1S/C13H22N2/c1-4-12-5-6-13(15-9-12)7-10(2)11(3)8-14/h5-6,9-11H,4,7-8,14H2,1-3H3. The summed E-state index contributed by atoms with van der Waals surface area (Å²) < 4.78 is 0. The highest BCUT2D eigenvalue weighted by Crippen LogP contribution is 2.15. The van der Waals surface area contributed by atoms with E-state index in [1.807, 2.05) is 6.20 Å². The van der Waals surface area contributed by atoms with Gasteiger partial charge in [-0.1, -0.05) is 26.8 Å². The van der Waals surface area contributed by atoms with Gasteiger partial charge in [0.25, 0.3) is 0 Å². The van der Waals surface area contributed by atoms with E-state index in [9.17, 15) is 0 Å². The van der Waals surface area contributed by atoms with E-state index in [4.69, 9.17) is 5.73 Å². The summed E-state index contributed by atoms with van der Waals surface area (Å²) in [5, 5.41) is 0. The highest BCUT2D eigenvalue weighted by atomic mass is 14.7. The lowest BCUT2D eigenvalue weighted by molar-refractivity contribution is 0.391. The molecule has 0 aliphatic carbocycles. The summed E-state index contributed by atoms with van der Waals surface area (Å²) in [6, 6.07) is 4.31. The highest BCUT2D eigenvalue weighted by Gasteiger charge is 2.11. The van der Waals surface area contributed by atoms with Crippen LogP contribution in [0.3, 0.4) is 0 Å². The van der Waals surface area contributed by atoms with E-state index in [-0.39, 0.29) is 0 Å². The van der Waals surface area contributed by atoms with Crippen molar-refractivity contribution in [2.75, 3.05) is 6.54 Å². The predicted molar refractivity (Wildman–Crippen MR) is 64.7 cm³/mol. The Hall–Kier alpha value is -0.890. The van der Waals surface area contributed by atoms with Crippen LogP contribution in [-0.4, -0.2) is 11.5 Å². The number of pyridine rings is 1. The second-order valence-electron chi connectivity index (χ2n) is 4.41. The van der Waals surface area contributed by atoms with Gasteiger partial charge in [0.1, 0.15) is 0 Å². The number of hydrogen-bond acceptors (Lipinski definition) is 2. The van der Waals surface area contributed by atoms with Crippen molar-refractivity contribution in [3.8, 4) is 0 Å². The molecule has 15 heavy (non-hydrogen) atoms. The Balaban J connectivity index is 2.57. The second-order valence-corrected chi connectivity index (χ2v) is 4.41. The van der Waals surface area contributed by atoms with E-state index in [0.717, 1.165) is 19.4 Å². The molecule has 2 atom stereocenters. The monoisotopic (exact) mass is 206 g/mol.